The van der Waals surface area contributed by atoms with Crippen LogP contribution in [0, 0.1) is 5.92 Å². The zero-order valence-electron chi connectivity index (χ0n) is 28.0. The lowest BCUT2D eigenvalue weighted by Crippen LogP contribution is -2.52. The van der Waals surface area contributed by atoms with Gasteiger partial charge >= 0.3 is 0 Å². The van der Waals surface area contributed by atoms with E-state index in [1.54, 1.807) is 43.4 Å². The zero-order valence-corrected chi connectivity index (χ0v) is 28.0. The minimum atomic E-state index is -0.885. The maximum atomic E-state index is 14.2. The largest absolute Gasteiger partial charge is 0.496 e. The second-order valence-corrected chi connectivity index (χ2v) is 12.2. The highest BCUT2D eigenvalue weighted by atomic mass is 16.5. The van der Waals surface area contributed by atoms with Crippen molar-refractivity contribution in [2.75, 3.05) is 60.2 Å². The van der Waals surface area contributed by atoms with E-state index in [-0.39, 0.29) is 30.4 Å². The Kier molecular flexibility index (Phi) is 11.3. The van der Waals surface area contributed by atoms with E-state index in [9.17, 15) is 9.59 Å². The van der Waals surface area contributed by atoms with Crippen LogP contribution in [0.4, 0.5) is 0 Å². The zero-order chi connectivity index (χ0) is 34.0. The second kappa shape index (κ2) is 16.4. The second-order valence-electron chi connectivity index (χ2n) is 12.2. The lowest BCUT2D eigenvalue weighted by molar-refractivity contribution is -0.134. The van der Waals surface area contributed by atoms with Crippen molar-refractivity contribution < 1.29 is 28.5 Å². The highest BCUT2D eigenvalue weighted by Gasteiger charge is 2.32. The number of pyridine rings is 1. The van der Waals surface area contributed by atoms with Crippen LogP contribution >= 0.6 is 0 Å². The number of piperidine rings is 1. The standard InChI is InChI=1S/C36H43N7O6/c1-46-32-11-5-3-8-27(32)24-41-18-19-48-20-21-49-35-29(9-7-15-37-35)34(44)38-30(36(45)42-16-13-26(23-41)14-17-42)22-28-25-43(40-39-28)31-10-4-6-12-33(31)47-2/h3-12,15,25-26,30H,13-14,16-24H2,1-2H3,(H,38,44)/t30-/m1/s1. The van der Waals surface area contributed by atoms with E-state index in [0.29, 0.717) is 49.4 Å². The van der Waals surface area contributed by atoms with Gasteiger partial charge in [0.25, 0.3) is 5.91 Å². The van der Waals surface area contributed by atoms with Gasteiger partial charge in [-0.15, -0.1) is 5.10 Å². The van der Waals surface area contributed by atoms with E-state index in [1.807, 2.05) is 47.4 Å². The molecule has 0 saturated carbocycles. The summed E-state index contributed by atoms with van der Waals surface area (Å²) in [6.07, 6.45) is 5.17. The predicted molar refractivity (Wildman–Crippen MR) is 181 cm³/mol. The highest BCUT2D eigenvalue weighted by molar-refractivity contribution is 5.99. The number of para-hydroxylation sites is 3. The minimum absolute atomic E-state index is 0.149. The normalized spacial score (nSPS) is 19.7. The number of nitrogens with one attached hydrogen (secondary N) is 1. The van der Waals surface area contributed by atoms with E-state index in [4.69, 9.17) is 18.9 Å². The number of benzene rings is 2. The lowest BCUT2D eigenvalue weighted by atomic mass is 9.95. The Bertz CT molecular complexity index is 1710. The van der Waals surface area contributed by atoms with E-state index in [1.165, 1.54) is 0 Å². The molecule has 0 spiro atoms. The molecule has 2 aromatic heterocycles. The number of hydrogen-bond donors (Lipinski definition) is 1. The molecule has 0 aliphatic carbocycles. The van der Waals surface area contributed by atoms with Gasteiger partial charge in [0.1, 0.15) is 35.4 Å². The third kappa shape index (κ3) is 8.54. The summed E-state index contributed by atoms with van der Waals surface area (Å²) in [6.45, 7) is 4.57. The van der Waals surface area contributed by atoms with Crippen LogP contribution in [0.25, 0.3) is 5.69 Å². The molecule has 1 saturated heterocycles. The first-order valence-electron chi connectivity index (χ1n) is 16.7. The molecule has 2 bridgehead atoms. The molecule has 7 rings (SSSR count). The molecule has 258 valence electrons. The summed E-state index contributed by atoms with van der Waals surface area (Å²) in [6, 6.07) is 18.0. The van der Waals surface area contributed by atoms with Gasteiger partial charge in [0.2, 0.25) is 11.8 Å². The van der Waals surface area contributed by atoms with Crippen LogP contribution in [-0.2, 0) is 22.5 Å². The van der Waals surface area contributed by atoms with Crippen LogP contribution in [0.3, 0.4) is 0 Å². The van der Waals surface area contributed by atoms with Gasteiger partial charge in [-0.2, -0.15) is 0 Å². The molecule has 2 amide bonds. The summed E-state index contributed by atoms with van der Waals surface area (Å²) in [4.78, 5) is 36.4. The fraction of sp³-hybridized carbons (Fsp3) is 0.417. The molecule has 13 nitrogen and oxygen atoms in total. The van der Waals surface area contributed by atoms with Crippen LogP contribution in [0.2, 0.25) is 0 Å². The van der Waals surface area contributed by atoms with Crippen molar-refractivity contribution in [3.8, 4) is 23.1 Å². The number of amides is 2. The molecule has 0 unspecified atom stereocenters. The molecule has 1 fully saturated rings. The Morgan fingerprint density at radius 2 is 1.67 bits per heavy atom. The van der Waals surface area contributed by atoms with E-state index in [2.05, 4.69) is 31.6 Å². The van der Waals surface area contributed by atoms with Gasteiger partial charge in [-0.05, 0) is 49.1 Å². The van der Waals surface area contributed by atoms with E-state index >= 15 is 0 Å². The molecule has 0 radical (unpaired) electrons. The molecule has 49 heavy (non-hydrogen) atoms. The average molecular weight is 670 g/mol. The Balaban J connectivity index is 1.23. The fourth-order valence-electron chi connectivity index (χ4n) is 6.38. The molecule has 2 aromatic carbocycles. The maximum absolute atomic E-state index is 14.2. The van der Waals surface area contributed by atoms with Crippen molar-refractivity contribution in [1.29, 1.82) is 0 Å². The molecule has 3 aliphatic rings. The Morgan fingerprint density at radius 1 is 0.898 bits per heavy atom. The summed E-state index contributed by atoms with van der Waals surface area (Å²) in [5.41, 5.74) is 2.62. The molecule has 4 aromatic rings. The number of carbonyl (C=O) groups is 2. The third-order valence-corrected chi connectivity index (χ3v) is 8.95. The van der Waals surface area contributed by atoms with E-state index < -0.39 is 11.9 Å². The number of rotatable bonds is 7. The van der Waals surface area contributed by atoms with Crippen LogP contribution in [0.5, 0.6) is 17.4 Å². The third-order valence-electron chi connectivity index (χ3n) is 8.95. The molecule has 3 aliphatic heterocycles. The van der Waals surface area contributed by atoms with Crippen molar-refractivity contribution >= 4 is 11.8 Å². The first-order chi connectivity index (χ1) is 24.0. The fourth-order valence-corrected chi connectivity index (χ4v) is 6.38. The van der Waals surface area contributed by atoms with Gasteiger partial charge in [-0.25, -0.2) is 9.67 Å². The van der Waals surface area contributed by atoms with Gasteiger partial charge in [0.15, 0.2) is 0 Å². The molecular weight excluding hydrogens is 626 g/mol. The topological polar surface area (TPSA) is 133 Å². The number of carbonyl (C=O) groups excluding carboxylic acids is 2. The van der Waals surface area contributed by atoms with Crippen LogP contribution < -0.4 is 19.5 Å². The van der Waals surface area contributed by atoms with Crippen molar-refractivity contribution in [1.82, 2.24) is 35.1 Å². The lowest BCUT2D eigenvalue weighted by Gasteiger charge is -2.36. The van der Waals surface area contributed by atoms with Crippen LogP contribution in [-0.4, -0.2) is 108 Å². The highest BCUT2D eigenvalue weighted by Crippen LogP contribution is 2.25. The van der Waals surface area contributed by atoms with Crippen molar-refractivity contribution in [2.24, 2.45) is 5.92 Å². The minimum Gasteiger partial charge on any atom is -0.496 e. The Morgan fingerprint density at radius 3 is 2.49 bits per heavy atom. The average Bonchev–Trinajstić information content (AvgIpc) is 3.61. The SMILES string of the molecule is COc1ccccc1CN1CCOCCOc2ncccc2C(=O)N[C@H](Cc2cn(-c3ccccc3OC)nn2)C(=O)N2CCC(CC2)C1. The molecule has 1 atom stereocenters. The smallest absolute Gasteiger partial charge is 0.257 e. The van der Waals surface area contributed by atoms with E-state index in [0.717, 1.165) is 43.8 Å². The predicted octanol–water partition coefficient (Wildman–Crippen LogP) is 3.17. The first kappa shape index (κ1) is 33.9. The monoisotopic (exact) mass is 669 g/mol. The van der Waals surface area contributed by atoms with Crippen LogP contribution in [0.15, 0.2) is 73.1 Å². The number of aromatic nitrogens is 4. The molecular formula is C36H43N7O6. The summed E-state index contributed by atoms with van der Waals surface area (Å²) in [7, 11) is 3.29. The summed E-state index contributed by atoms with van der Waals surface area (Å²) in [5.74, 6) is 1.45. The summed E-state index contributed by atoms with van der Waals surface area (Å²) in [5, 5.41) is 11.6. The van der Waals surface area contributed by atoms with Crippen molar-refractivity contribution in [2.45, 2.75) is 31.8 Å². The first-order valence-corrected chi connectivity index (χ1v) is 16.7. The number of hydrogen-bond acceptors (Lipinski definition) is 10. The van der Waals surface area contributed by atoms with Crippen LogP contribution in [0.1, 0.15) is 34.5 Å². The van der Waals surface area contributed by atoms with Crippen molar-refractivity contribution in [3.63, 3.8) is 0 Å². The number of methoxy groups -OCH3 is 2. The maximum Gasteiger partial charge on any atom is 0.257 e. The number of fused-ring (bicyclic) bond motifs is 12. The number of ether oxygens (including phenoxy) is 4. The summed E-state index contributed by atoms with van der Waals surface area (Å²) >= 11 is 0. The van der Waals surface area contributed by atoms with Gasteiger partial charge in [-0.1, -0.05) is 35.5 Å². The molecule has 1 N–H and O–H groups in total. The molecule has 13 heteroatoms. The Hall–Kier alpha value is -5.01. The van der Waals surface area contributed by atoms with Crippen molar-refractivity contribution in [3.05, 3.63) is 89.9 Å². The quantitative estimate of drug-likeness (QED) is 0.293. The van der Waals surface area contributed by atoms with Gasteiger partial charge < -0.3 is 29.2 Å². The summed E-state index contributed by atoms with van der Waals surface area (Å²) < 4.78 is 24.6. The molecule has 5 heterocycles. The van der Waals surface area contributed by atoms with Gasteiger partial charge in [-0.3, -0.25) is 14.5 Å². The van der Waals surface area contributed by atoms with Gasteiger partial charge in [0.05, 0.1) is 39.3 Å². The Labute approximate surface area is 286 Å². The van der Waals surface area contributed by atoms with Gasteiger partial charge in [0, 0.05) is 50.9 Å². The number of nitrogens with zero attached hydrogens (tertiary/aromatic N) is 6.